The van der Waals surface area contributed by atoms with Gasteiger partial charge in [0.1, 0.15) is 9.57 Å². The molecule has 1 atom stereocenters. The number of carbonyl (C=O) groups is 3. The van der Waals surface area contributed by atoms with E-state index in [1.54, 1.807) is 48.5 Å². The number of nitrogens with zero attached hydrogens (tertiary/aromatic N) is 3. The molecule has 2 fully saturated rings. The average Bonchev–Trinajstić information content (AvgIpc) is 3.26. The molecule has 3 aromatic carbocycles. The number of ketones is 1. The normalized spacial score (nSPS) is 18.0. The van der Waals surface area contributed by atoms with Crippen molar-refractivity contribution in [3.63, 3.8) is 0 Å². The molecule has 210 valence electrons. The summed E-state index contributed by atoms with van der Waals surface area (Å²) < 4.78 is 0.645. The molecule has 3 aromatic rings. The highest BCUT2D eigenvalue weighted by Gasteiger charge is 2.41. The number of anilines is 1. The van der Waals surface area contributed by atoms with Crippen molar-refractivity contribution in [3.05, 3.63) is 106 Å². The van der Waals surface area contributed by atoms with Crippen molar-refractivity contribution in [1.82, 2.24) is 9.80 Å². The Balaban J connectivity index is 1.14. The van der Waals surface area contributed by atoms with Crippen LogP contribution in [-0.2, 0) is 16.1 Å². The van der Waals surface area contributed by atoms with Crippen molar-refractivity contribution in [2.75, 3.05) is 31.1 Å². The molecule has 0 saturated carbocycles. The summed E-state index contributed by atoms with van der Waals surface area (Å²) in [4.78, 5) is 44.4. The molecule has 2 saturated heterocycles. The summed E-state index contributed by atoms with van der Waals surface area (Å²) in [7, 11) is 0. The fourth-order valence-corrected chi connectivity index (χ4v) is 6.60. The van der Waals surface area contributed by atoms with E-state index >= 15 is 0 Å². The molecule has 2 amide bonds. The molecule has 0 unspecified atom stereocenters. The first-order chi connectivity index (χ1) is 19.8. The zero-order chi connectivity index (χ0) is 28.9. The molecule has 0 N–H and O–H groups in total. The first kappa shape index (κ1) is 29.5. The lowest BCUT2D eigenvalue weighted by atomic mass is 10.1. The predicted octanol–water partition coefficient (Wildman–Crippen LogP) is 6.36. The molecule has 0 aliphatic carbocycles. The number of carbonyl (C=O) groups excluding carboxylic acids is 3. The molecular formula is C31H27Cl2N3O3S2. The zero-order valence-electron chi connectivity index (χ0n) is 22.0. The lowest BCUT2D eigenvalue weighted by Crippen LogP contribution is -2.47. The van der Waals surface area contributed by atoms with Crippen LogP contribution in [0.5, 0.6) is 0 Å². The maximum absolute atomic E-state index is 13.2. The van der Waals surface area contributed by atoms with Gasteiger partial charge in [-0.2, -0.15) is 0 Å². The summed E-state index contributed by atoms with van der Waals surface area (Å²) in [6.45, 7) is 4.23. The molecule has 6 nitrogen and oxygen atoms in total. The average molecular weight is 625 g/mol. The number of hydrogen-bond acceptors (Lipinski definition) is 6. The lowest BCUT2D eigenvalue weighted by molar-refractivity contribution is -0.121. The summed E-state index contributed by atoms with van der Waals surface area (Å²) in [5.41, 5.74) is 2.90. The Morgan fingerprint density at radius 1 is 0.927 bits per heavy atom. The van der Waals surface area contributed by atoms with E-state index in [1.807, 2.05) is 18.2 Å². The van der Waals surface area contributed by atoms with Crippen molar-refractivity contribution in [2.45, 2.75) is 18.2 Å². The van der Waals surface area contributed by atoms with E-state index < -0.39 is 5.25 Å². The fourth-order valence-electron chi connectivity index (χ4n) is 4.75. The van der Waals surface area contributed by atoms with Gasteiger partial charge in [0.25, 0.3) is 0 Å². The van der Waals surface area contributed by atoms with Gasteiger partial charge in [-0.05, 0) is 53.6 Å². The van der Waals surface area contributed by atoms with E-state index in [9.17, 15) is 14.4 Å². The Kier molecular flexibility index (Phi) is 9.57. The predicted molar refractivity (Wildman–Crippen MR) is 171 cm³/mol. The van der Waals surface area contributed by atoms with Gasteiger partial charge in [-0.3, -0.25) is 19.3 Å². The van der Waals surface area contributed by atoms with Gasteiger partial charge in [0.05, 0.1) is 15.7 Å². The Labute approximate surface area is 258 Å². The largest absolute Gasteiger partial charge is 0.355 e. The number of benzene rings is 3. The molecule has 0 radical (unpaired) electrons. The second kappa shape index (κ2) is 13.3. The number of amides is 2. The summed E-state index contributed by atoms with van der Waals surface area (Å²) >= 11 is 18.9. The summed E-state index contributed by atoms with van der Waals surface area (Å²) in [5.74, 6) is -0.783. The molecular weight excluding hydrogens is 597 g/mol. The van der Waals surface area contributed by atoms with Crippen LogP contribution in [0.25, 0.3) is 6.08 Å². The zero-order valence-corrected chi connectivity index (χ0v) is 25.2. The lowest BCUT2D eigenvalue weighted by Gasteiger charge is -2.36. The van der Waals surface area contributed by atoms with Gasteiger partial charge in [0.2, 0.25) is 11.8 Å². The minimum Gasteiger partial charge on any atom is -0.355 e. The van der Waals surface area contributed by atoms with Crippen LogP contribution < -0.4 is 4.90 Å². The van der Waals surface area contributed by atoms with Crippen molar-refractivity contribution in [3.8, 4) is 0 Å². The van der Waals surface area contributed by atoms with E-state index in [0.29, 0.717) is 25.6 Å². The number of allylic oxidation sites excluding steroid dienone is 1. The monoisotopic (exact) mass is 623 g/mol. The van der Waals surface area contributed by atoms with Crippen LogP contribution in [0.15, 0.2) is 78.9 Å². The highest BCUT2D eigenvalue weighted by atomic mass is 35.5. The first-order valence-electron chi connectivity index (χ1n) is 13.1. The van der Waals surface area contributed by atoms with Crippen LogP contribution in [0.3, 0.4) is 0 Å². The van der Waals surface area contributed by atoms with E-state index in [0.717, 1.165) is 38.3 Å². The van der Waals surface area contributed by atoms with E-state index in [1.165, 1.54) is 28.3 Å². The van der Waals surface area contributed by atoms with Crippen LogP contribution in [0.1, 0.15) is 27.9 Å². The van der Waals surface area contributed by atoms with Crippen LogP contribution >= 0.6 is 47.2 Å². The molecule has 41 heavy (non-hydrogen) atoms. The van der Waals surface area contributed by atoms with Crippen molar-refractivity contribution in [1.29, 1.82) is 0 Å². The Bertz CT molecular complexity index is 1490. The number of imide groups is 1. The van der Waals surface area contributed by atoms with E-state index in [2.05, 4.69) is 21.9 Å². The second-order valence-corrected chi connectivity index (χ2v) is 12.5. The molecule has 2 aliphatic heterocycles. The highest BCUT2D eigenvalue weighted by molar-refractivity contribution is 8.23. The van der Waals surface area contributed by atoms with Gasteiger partial charge in [0.15, 0.2) is 5.78 Å². The van der Waals surface area contributed by atoms with Gasteiger partial charge in [-0.1, -0.05) is 89.7 Å². The third kappa shape index (κ3) is 7.26. The summed E-state index contributed by atoms with van der Waals surface area (Å²) in [6, 6.07) is 21.9. The van der Waals surface area contributed by atoms with Gasteiger partial charge < -0.3 is 4.90 Å². The minimum atomic E-state index is -0.562. The SMILES string of the molecule is O=C(/C=C/c1ccc(Cl)c(Cl)c1)c1ccc(N2C(=O)C[C@@H](SC(=S)N3CCN(Cc4ccccc4)CC3)C2=O)cc1. The third-order valence-corrected chi connectivity index (χ3v) is 9.41. The maximum atomic E-state index is 13.2. The number of hydrogen-bond donors (Lipinski definition) is 0. The van der Waals surface area contributed by atoms with Gasteiger partial charge >= 0.3 is 0 Å². The quantitative estimate of drug-likeness (QED) is 0.131. The number of halogens is 2. The van der Waals surface area contributed by atoms with Crippen molar-refractivity contribution >= 4 is 80.9 Å². The molecule has 10 heteroatoms. The molecule has 5 rings (SSSR count). The molecule has 0 spiro atoms. The number of thiocarbonyl (C=S) groups is 1. The van der Waals surface area contributed by atoms with Gasteiger partial charge in [-0.15, -0.1) is 0 Å². The van der Waals surface area contributed by atoms with E-state index in [4.69, 9.17) is 35.4 Å². The standard InChI is InChI=1S/C31H27Cl2N3O3S2/c32-25-12-6-21(18-26(25)33)7-13-27(37)23-8-10-24(11-9-23)36-29(38)19-28(30(36)39)41-31(40)35-16-14-34(15-17-35)20-22-4-2-1-3-5-22/h1-13,18,28H,14-17,19-20H2/b13-7+/t28-/m1/s1. The Hall–Kier alpha value is -3.01. The topological polar surface area (TPSA) is 60.9 Å². The highest BCUT2D eigenvalue weighted by Crippen LogP contribution is 2.32. The van der Waals surface area contributed by atoms with E-state index in [-0.39, 0.29) is 24.0 Å². The number of thioether (sulfide) groups is 1. The maximum Gasteiger partial charge on any atom is 0.247 e. The Morgan fingerprint density at radius 3 is 2.32 bits per heavy atom. The van der Waals surface area contributed by atoms with Crippen molar-refractivity contribution in [2.24, 2.45) is 0 Å². The van der Waals surface area contributed by atoms with Crippen LogP contribution in [0, 0.1) is 0 Å². The molecule has 0 aromatic heterocycles. The second-order valence-electron chi connectivity index (χ2n) is 9.81. The number of rotatable bonds is 7. The van der Waals surface area contributed by atoms with Crippen molar-refractivity contribution < 1.29 is 14.4 Å². The number of piperazine rings is 1. The molecule has 2 heterocycles. The van der Waals surface area contributed by atoms with Crippen LogP contribution in [-0.4, -0.2) is 63.1 Å². The smallest absolute Gasteiger partial charge is 0.247 e. The Morgan fingerprint density at radius 2 is 1.63 bits per heavy atom. The van der Waals surface area contributed by atoms with Crippen LogP contribution in [0.2, 0.25) is 10.0 Å². The van der Waals surface area contributed by atoms with Crippen LogP contribution in [0.4, 0.5) is 5.69 Å². The van der Waals surface area contributed by atoms with Gasteiger partial charge in [-0.25, -0.2) is 4.90 Å². The molecule has 0 bridgehead atoms. The summed E-state index contributed by atoms with van der Waals surface area (Å²) in [5, 5.41) is 0.286. The van der Waals surface area contributed by atoms with Gasteiger partial charge in [0, 0.05) is 44.7 Å². The third-order valence-electron chi connectivity index (χ3n) is 7.01. The summed E-state index contributed by atoms with van der Waals surface area (Å²) in [6.07, 6.45) is 3.18. The minimum absolute atomic E-state index is 0.0880. The molecule has 2 aliphatic rings. The fraction of sp³-hybridized carbons (Fsp3) is 0.226. The first-order valence-corrected chi connectivity index (χ1v) is 15.2.